The van der Waals surface area contributed by atoms with Gasteiger partial charge in [-0.25, -0.2) is 4.98 Å². The van der Waals surface area contributed by atoms with Gasteiger partial charge in [0.1, 0.15) is 6.61 Å². The molecule has 0 saturated carbocycles. The fourth-order valence-electron chi connectivity index (χ4n) is 3.22. The number of fused-ring (bicyclic) bond motifs is 1. The van der Waals surface area contributed by atoms with Gasteiger partial charge in [0.25, 0.3) is 0 Å². The van der Waals surface area contributed by atoms with Crippen molar-refractivity contribution < 1.29 is 9.16 Å². The zero-order chi connectivity index (χ0) is 20.4. The van der Waals surface area contributed by atoms with Crippen LogP contribution in [0.25, 0.3) is 11.0 Å². The number of ether oxygens (including phenoxy) is 1. The van der Waals surface area contributed by atoms with Gasteiger partial charge in [-0.15, -0.1) is 0 Å². The number of halogens is 1. The summed E-state index contributed by atoms with van der Waals surface area (Å²) in [5, 5.41) is 0.585. The van der Waals surface area contributed by atoms with E-state index in [1.807, 2.05) is 12.1 Å². The number of nitrogens with zero attached hydrogens (tertiary/aromatic N) is 3. The van der Waals surface area contributed by atoms with Gasteiger partial charge in [0.15, 0.2) is 19.2 Å². The van der Waals surface area contributed by atoms with Gasteiger partial charge in [-0.3, -0.25) is 9.88 Å². The van der Waals surface area contributed by atoms with E-state index in [0.29, 0.717) is 24.1 Å². The van der Waals surface area contributed by atoms with Crippen molar-refractivity contribution in [2.45, 2.75) is 58.3 Å². The van der Waals surface area contributed by atoms with Crippen LogP contribution in [0.2, 0.25) is 23.3 Å². The summed E-state index contributed by atoms with van der Waals surface area (Å²) in [5.74, 6) is 0.651. The molecule has 0 unspecified atom stereocenters. The predicted octanol–water partition coefficient (Wildman–Crippen LogP) is 5.28. The average molecular weight is 422 g/mol. The number of pyridine rings is 2. The van der Waals surface area contributed by atoms with Crippen molar-refractivity contribution in [3.8, 4) is 5.75 Å². The maximum atomic E-state index is 6.52. The molecule has 0 aromatic carbocycles. The van der Waals surface area contributed by atoms with E-state index in [1.165, 1.54) is 12.8 Å². The van der Waals surface area contributed by atoms with Gasteiger partial charge in [0.05, 0.1) is 17.6 Å². The zero-order valence-corrected chi connectivity index (χ0v) is 19.5. The van der Waals surface area contributed by atoms with E-state index in [2.05, 4.69) is 48.7 Å². The Kier molecular flexibility index (Phi) is 6.64. The number of aromatic nitrogens is 2. The summed E-state index contributed by atoms with van der Waals surface area (Å²) in [6.07, 6.45) is 4.27. The molecule has 2 aromatic rings. The normalized spacial score (nSPS) is 16.1. The Hall–Kier alpha value is -1.21. The summed E-state index contributed by atoms with van der Waals surface area (Å²) in [6.45, 7) is 15.2. The van der Waals surface area contributed by atoms with Crippen molar-refractivity contribution >= 4 is 31.0 Å². The van der Waals surface area contributed by atoms with Crippen LogP contribution in [-0.2, 0) is 11.0 Å². The number of hydrogen-bond donors (Lipinski definition) is 0. The molecule has 0 N–H and O–H groups in total. The van der Waals surface area contributed by atoms with Gasteiger partial charge in [0.2, 0.25) is 0 Å². The second-order valence-electron chi connectivity index (χ2n) is 9.02. The Morgan fingerprint density at radius 1 is 1.18 bits per heavy atom. The maximum Gasteiger partial charge on any atom is 0.192 e. The molecule has 2 aromatic heterocycles. The minimum absolute atomic E-state index is 0.181. The third kappa shape index (κ3) is 4.85. The van der Waals surface area contributed by atoms with Crippen molar-refractivity contribution in [2.24, 2.45) is 0 Å². The minimum atomic E-state index is -1.79. The Bertz CT molecular complexity index is 817. The third-order valence-electron chi connectivity index (χ3n) is 5.93. The topological polar surface area (TPSA) is 47.5 Å². The van der Waals surface area contributed by atoms with Crippen molar-refractivity contribution in [2.75, 3.05) is 26.3 Å². The average Bonchev–Trinajstić information content (AvgIpc) is 3.12. The first-order valence-electron chi connectivity index (χ1n) is 10.1. The van der Waals surface area contributed by atoms with Crippen LogP contribution in [0.3, 0.4) is 0 Å². The molecular weight excluding hydrogens is 390 g/mol. The van der Waals surface area contributed by atoms with Crippen LogP contribution in [0.5, 0.6) is 5.75 Å². The van der Waals surface area contributed by atoms with Gasteiger partial charge in [0, 0.05) is 18.3 Å². The zero-order valence-electron chi connectivity index (χ0n) is 17.7. The summed E-state index contributed by atoms with van der Waals surface area (Å²) in [6, 6.07) is 3.84. The molecule has 1 aliphatic heterocycles. The molecule has 28 heavy (non-hydrogen) atoms. The van der Waals surface area contributed by atoms with Crippen LogP contribution in [-0.4, -0.2) is 49.5 Å². The molecule has 5 nitrogen and oxygen atoms in total. The molecule has 0 spiro atoms. The molecule has 3 heterocycles. The number of rotatable bonds is 7. The lowest BCUT2D eigenvalue weighted by Crippen LogP contribution is -2.41. The molecule has 154 valence electrons. The largest absolute Gasteiger partial charge is 0.488 e. The Morgan fingerprint density at radius 3 is 2.57 bits per heavy atom. The van der Waals surface area contributed by atoms with E-state index in [0.717, 1.165) is 36.2 Å². The molecule has 0 radical (unpaired) electrons. The molecule has 0 aliphatic carbocycles. The van der Waals surface area contributed by atoms with Gasteiger partial charge < -0.3 is 9.16 Å². The highest BCUT2D eigenvalue weighted by Gasteiger charge is 2.37. The SMILES string of the molecule is CC(C)(C)[Si](C)(C)OCCOc1c(Cl)nc2cccnc2c1CN1CCCC1. The van der Waals surface area contributed by atoms with Crippen LogP contribution in [0.4, 0.5) is 0 Å². The molecule has 1 aliphatic rings. The molecule has 7 heteroatoms. The fraction of sp³-hybridized carbons (Fsp3) is 0.619. The van der Waals surface area contributed by atoms with E-state index in [9.17, 15) is 0 Å². The highest BCUT2D eigenvalue weighted by atomic mass is 35.5. The van der Waals surface area contributed by atoms with Gasteiger partial charge in [-0.2, -0.15) is 0 Å². The molecule has 3 rings (SSSR count). The smallest absolute Gasteiger partial charge is 0.192 e. The van der Waals surface area contributed by atoms with Crippen molar-refractivity contribution in [1.82, 2.24) is 14.9 Å². The Balaban J connectivity index is 1.78. The molecular formula is C21H32ClN3O2Si. The van der Waals surface area contributed by atoms with E-state index in [4.69, 9.17) is 20.8 Å². The molecule has 0 bridgehead atoms. The lowest BCUT2D eigenvalue weighted by atomic mass is 10.1. The summed E-state index contributed by atoms with van der Waals surface area (Å²) in [7, 11) is -1.79. The molecule has 0 amide bonds. The summed E-state index contributed by atoms with van der Waals surface area (Å²) >= 11 is 6.52. The Morgan fingerprint density at radius 2 is 1.89 bits per heavy atom. The van der Waals surface area contributed by atoms with Crippen LogP contribution < -0.4 is 4.74 Å². The first kappa shape index (κ1) is 21.5. The van der Waals surface area contributed by atoms with Crippen LogP contribution in [0.1, 0.15) is 39.2 Å². The predicted molar refractivity (Wildman–Crippen MR) is 118 cm³/mol. The van der Waals surface area contributed by atoms with Gasteiger partial charge >= 0.3 is 0 Å². The standard InChI is InChI=1S/C21H32ClN3O2Si/c1-21(2,3)28(4,5)27-14-13-26-19-16(15-25-11-6-7-12-25)18-17(24-20(19)22)9-8-10-23-18/h8-10H,6-7,11-15H2,1-5H3. The van der Waals surface area contributed by atoms with Gasteiger partial charge in [-0.1, -0.05) is 32.4 Å². The molecule has 1 saturated heterocycles. The van der Waals surface area contributed by atoms with Gasteiger partial charge in [-0.05, 0) is 56.2 Å². The maximum absolute atomic E-state index is 6.52. The van der Waals surface area contributed by atoms with Crippen LogP contribution >= 0.6 is 11.6 Å². The highest BCUT2D eigenvalue weighted by molar-refractivity contribution is 6.74. The quantitative estimate of drug-likeness (QED) is 0.345. The summed E-state index contributed by atoms with van der Waals surface area (Å²) < 4.78 is 12.4. The number of hydrogen-bond acceptors (Lipinski definition) is 5. The summed E-state index contributed by atoms with van der Waals surface area (Å²) in [5.41, 5.74) is 2.72. The van der Waals surface area contributed by atoms with Crippen molar-refractivity contribution in [1.29, 1.82) is 0 Å². The van der Waals surface area contributed by atoms with Crippen molar-refractivity contribution in [3.63, 3.8) is 0 Å². The second kappa shape index (κ2) is 8.65. The monoisotopic (exact) mass is 421 g/mol. The lowest BCUT2D eigenvalue weighted by molar-refractivity contribution is 0.200. The van der Waals surface area contributed by atoms with E-state index in [1.54, 1.807) is 6.20 Å². The molecule has 0 atom stereocenters. The number of likely N-dealkylation sites (tertiary alicyclic amines) is 1. The van der Waals surface area contributed by atoms with E-state index >= 15 is 0 Å². The lowest BCUT2D eigenvalue weighted by Gasteiger charge is -2.36. The first-order chi connectivity index (χ1) is 13.2. The fourth-order valence-corrected chi connectivity index (χ4v) is 4.51. The van der Waals surface area contributed by atoms with E-state index in [-0.39, 0.29) is 5.04 Å². The van der Waals surface area contributed by atoms with Crippen LogP contribution in [0, 0.1) is 0 Å². The minimum Gasteiger partial charge on any atom is -0.488 e. The first-order valence-corrected chi connectivity index (χ1v) is 13.4. The second-order valence-corrected chi connectivity index (χ2v) is 14.2. The molecule has 1 fully saturated rings. The van der Waals surface area contributed by atoms with Crippen molar-refractivity contribution in [3.05, 3.63) is 29.0 Å². The Labute approximate surface area is 174 Å². The van der Waals surface area contributed by atoms with Crippen LogP contribution in [0.15, 0.2) is 18.3 Å². The van der Waals surface area contributed by atoms with E-state index < -0.39 is 8.32 Å². The summed E-state index contributed by atoms with van der Waals surface area (Å²) in [4.78, 5) is 11.5. The third-order valence-corrected chi connectivity index (χ3v) is 10.7. The highest BCUT2D eigenvalue weighted by Crippen LogP contribution is 2.37.